The molecule has 0 radical (unpaired) electrons. The maximum absolute atomic E-state index is 5.86. The average molecular weight is 335 g/mol. The fourth-order valence-corrected chi connectivity index (χ4v) is 3.52. The molecule has 1 atom stereocenters. The zero-order chi connectivity index (χ0) is 13.1. The second kappa shape index (κ2) is 6.40. The monoisotopic (exact) mass is 333 g/mol. The van der Waals surface area contributed by atoms with Crippen LogP contribution in [0.3, 0.4) is 0 Å². The van der Waals surface area contributed by atoms with Gasteiger partial charge in [-0.2, -0.15) is 5.10 Å². The van der Waals surface area contributed by atoms with Crippen LogP contribution in [0.2, 0.25) is 0 Å². The summed E-state index contributed by atoms with van der Waals surface area (Å²) in [6, 6.07) is 0. The Morgan fingerprint density at radius 1 is 1.50 bits per heavy atom. The number of alkyl halides is 1. The largest absolute Gasteiger partial charge is 0.297 e. The van der Waals surface area contributed by atoms with Crippen LogP contribution in [-0.2, 0) is 13.6 Å². The van der Waals surface area contributed by atoms with Crippen LogP contribution in [0.25, 0.3) is 0 Å². The standard InChI is InChI=1S/C13H21BrClN3/c1-10-13(14)12(17(2)16-10)9-18-7-3-4-11(8-18)5-6-15/h11H,3-9H2,1-2H3. The van der Waals surface area contributed by atoms with E-state index in [1.807, 2.05) is 18.7 Å². The van der Waals surface area contributed by atoms with Gasteiger partial charge < -0.3 is 0 Å². The minimum atomic E-state index is 0.768. The molecule has 1 aliphatic rings. The van der Waals surface area contributed by atoms with Gasteiger partial charge in [0.15, 0.2) is 0 Å². The van der Waals surface area contributed by atoms with E-state index in [1.165, 1.54) is 31.6 Å². The Morgan fingerprint density at radius 3 is 2.89 bits per heavy atom. The van der Waals surface area contributed by atoms with Crippen LogP contribution in [0.15, 0.2) is 4.47 Å². The zero-order valence-electron chi connectivity index (χ0n) is 11.1. The lowest BCUT2D eigenvalue weighted by atomic mass is 9.95. The molecule has 0 amide bonds. The Hall–Kier alpha value is -0.0600. The van der Waals surface area contributed by atoms with Crippen molar-refractivity contribution in [2.75, 3.05) is 19.0 Å². The van der Waals surface area contributed by atoms with E-state index in [0.29, 0.717) is 0 Å². The molecule has 0 N–H and O–H groups in total. The molecule has 1 saturated heterocycles. The first-order valence-electron chi connectivity index (χ1n) is 6.58. The minimum absolute atomic E-state index is 0.768. The van der Waals surface area contributed by atoms with E-state index in [9.17, 15) is 0 Å². The van der Waals surface area contributed by atoms with Crippen molar-refractivity contribution in [1.82, 2.24) is 14.7 Å². The lowest BCUT2D eigenvalue weighted by Gasteiger charge is -2.32. The van der Waals surface area contributed by atoms with E-state index < -0.39 is 0 Å². The maximum atomic E-state index is 5.86. The van der Waals surface area contributed by atoms with Gasteiger partial charge in [0.05, 0.1) is 15.9 Å². The van der Waals surface area contributed by atoms with Crippen LogP contribution >= 0.6 is 27.5 Å². The van der Waals surface area contributed by atoms with E-state index in [4.69, 9.17) is 11.6 Å². The van der Waals surface area contributed by atoms with E-state index in [2.05, 4.69) is 25.9 Å². The molecule has 0 aliphatic carbocycles. The molecule has 0 aromatic carbocycles. The average Bonchev–Trinajstić information content (AvgIpc) is 2.57. The third kappa shape index (κ3) is 3.28. The summed E-state index contributed by atoms with van der Waals surface area (Å²) < 4.78 is 3.15. The predicted octanol–water partition coefficient (Wildman–Crippen LogP) is 3.33. The number of nitrogens with zero attached hydrogens (tertiary/aromatic N) is 3. The van der Waals surface area contributed by atoms with Gasteiger partial charge in [0.25, 0.3) is 0 Å². The topological polar surface area (TPSA) is 21.1 Å². The first kappa shape index (κ1) is 14.4. The van der Waals surface area contributed by atoms with E-state index in [0.717, 1.165) is 34.9 Å². The van der Waals surface area contributed by atoms with E-state index >= 15 is 0 Å². The molecule has 0 spiro atoms. The van der Waals surface area contributed by atoms with Crippen molar-refractivity contribution in [3.05, 3.63) is 15.9 Å². The lowest BCUT2D eigenvalue weighted by Crippen LogP contribution is -2.35. The first-order chi connectivity index (χ1) is 8.61. The summed E-state index contributed by atoms with van der Waals surface area (Å²) in [6.07, 6.45) is 3.76. The molecule has 2 rings (SSSR count). The van der Waals surface area contributed by atoms with Crippen molar-refractivity contribution in [2.45, 2.75) is 32.7 Å². The van der Waals surface area contributed by atoms with Crippen LogP contribution < -0.4 is 0 Å². The van der Waals surface area contributed by atoms with Gasteiger partial charge in [-0.1, -0.05) is 0 Å². The highest BCUT2D eigenvalue weighted by Gasteiger charge is 2.21. The Kier molecular flexibility index (Phi) is 5.10. The Bertz CT molecular complexity index is 403. The highest BCUT2D eigenvalue weighted by Crippen LogP contribution is 2.25. The Morgan fingerprint density at radius 2 is 2.28 bits per heavy atom. The SMILES string of the molecule is Cc1nn(C)c(CN2CCCC(CCCl)C2)c1Br. The molecule has 1 fully saturated rings. The summed E-state index contributed by atoms with van der Waals surface area (Å²) in [6.45, 7) is 5.38. The minimum Gasteiger partial charge on any atom is -0.297 e. The van der Waals surface area contributed by atoms with Crippen molar-refractivity contribution in [3.63, 3.8) is 0 Å². The summed E-state index contributed by atoms with van der Waals surface area (Å²) >= 11 is 9.50. The number of piperidine rings is 1. The molecule has 1 aromatic rings. The van der Waals surface area contributed by atoms with Crippen LogP contribution in [0, 0.1) is 12.8 Å². The van der Waals surface area contributed by atoms with Crippen LogP contribution in [-0.4, -0.2) is 33.6 Å². The smallest absolute Gasteiger partial charge is 0.0739 e. The molecule has 1 aromatic heterocycles. The van der Waals surface area contributed by atoms with Gasteiger partial charge in [-0.15, -0.1) is 11.6 Å². The van der Waals surface area contributed by atoms with Gasteiger partial charge in [0, 0.05) is 26.0 Å². The second-order valence-electron chi connectivity index (χ2n) is 5.19. The Labute approximate surface area is 123 Å². The van der Waals surface area contributed by atoms with Gasteiger partial charge in [-0.3, -0.25) is 9.58 Å². The lowest BCUT2D eigenvalue weighted by molar-refractivity contribution is 0.161. The molecule has 3 nitrogen and oxygen atoms in total. The molecular weight excluding hydrogens is 314 g/mol. The molecule has 5 heteroatoms. The first-order valence-corrected chi connectivity index (χ1v) is 7.91. The normalized spacial score (nSPS) is 21.4. The number of aromatic nitrogens is 2. The van der Waals surface area contributed by atoms with Gasteiger partial charge in [0.1, 0.15) is 0 Å². The van der Waals surface area contributed by atoms with Crippen LogP contribution in [0.5, 0.6) is 0 Å². The number of aryl methyl sites for hydroxylation is 2. The van der Waals surface area contributed by atoms with Crippen molar-refractivity contribution < 1.29 is 0 Å². The van der Waals surface area contributed by atoms with Crippen molar-refractivity contribution in [2.24, 2.45) is 13.0 Å². The molecule has 102 valence electrons. The molecule has 1 unspecified atom stereocenters. The quantitative estimate of drug-likeness (QED) is 0.788. The summed E-state index contributed by atoms with van der Waals surface area (Å²) in [5.74, 6) is 1.55. The highest BCUT2D eigenvalue weighted by molar-refractivity contribution is 9.10. The number of likely N-dealkylation sites (tertiary alicyclic amines) is 1. The summed E-state index contributed by atoms with van der Waals surface area (Å²) in [5, 5.41) is 4.45. The number of rotatable bonds is 4. The van der Waals surface area contributed by atoms with Crippen LogP contribution in [0.1, 0.15) is 30.7 Å². The molecule has 0 bridgehead atoms. The third-order valence-electron chi connectivity index (χ3n) is 3.76. The fraction of sp³-hybridized carbons (Fsp3) is 0.769. The summed E-state index contributed by atoms with van der Waals surface area (Å²) in [5.41, 5.74) is 2.35. The van der Waals surface area contributed by atoms with E-state index in [1.54, 1.807) is 0 Å². The second-order valence-corrected chi connectivity index (χ2v) is 6.36. The van der Waals surface area contributed by atoms with Crippen molar-refractivity contribution in [1.29, 1.82) is 0 Å². The van der Waals surface area contributed by atoms with Gasteiger partial charge in [-0.05, 0) is 54.6 Å². The molecular formula is C13H21BrClN3. The molecule has 2 heterocycles. The van der Waals surface area contributed by atoms with Gasteiger partial charge >= 0.3 is 0 Å². The molecule has 1 aliphatic heterocycles. The fourth-order valence-electron chi connectivity index (χ4n) is 2.75. The Balaban J connectivity index is 2.00. The summed E-state index contributed by atoms with van der Waals surface area (Å²) in [4.78, 5) is 2.53. The zero-order valence-corrected chi connectivity index (χ0v) is 13.5. The number of halogens is 2. The predicted molar refractivity (Wildman–Crippen MR) is 79.0 cm³/mol. The van der Waals surface area contributed by atoms with Gasteiger partial charge in [0.2, 0.25) is 0 Å². The van der Waals surface area contributed by atoms with Crippen molar-refractivity contribution in [3.8, 4) is 0 Å². The van der Waals surface area contributed by atoms with Crippen LogP contribution in [0.4, 0.5) is 0 Å². The van der Waals surface area contributed by atoms with Crippen molar-refractivity contribution >= 4 is 27.5 Å². The van der Waals surface area contributed by atoms with Gasteiger partial charge in [-0.25, -0.2) is 0 Å². The number of hydrogen-bond acceptors (Lipinski definition) is 2. The highest BCUT2D eigenvalue weighted by atomic mass is 79.9. The third-order valence-corrected chi connectivity index (χ3v) is 5.01. The molecule has 0 saturated carbocycles. The maximum Gasteiger partial charge on any atom is 0.0739 e. The molecule has 18 heavy (non-hydrogen) atoms. The summed E-state index contributed by atoms with van der Waals surface area (Å²) in [7, 11) is 2.02. The van der Waals surface area contributed by atoms with E-state index in [-0.39, 0.29) is 0 Å². The number of hydrogen-bond donors (Lipinski definition) is 0.